The second kappa shape index (κ2) is 8.31. The summed E-state index contributed by atoms with van der Waals surface area (Å²) in [7, 11) is 1.68. The SMILES string of the molecule is COc1ccccc1-c1nnc(SCc2ccccc2)n1-c1cccc(C)c1. The van der Waals surface area contributed by atoms with E-state index < -0.39 is 0 Å². The number of aromatic nitrogens is 3. The minimum Gasteiger partial charge on any atom is -0.496 e. The van der Waals surface area contributed by atoms with Crippen LogP contribution in [0.3, 0.4) is 0 Å². The standard InChI is InChI=1S/C23H21N3OS/c1-17-9-8-12-19(15-17)26-22(20-13-6-7-14-21(20)27-2)24-25-23(26)28-16-18-10-4-3-5-11-18/h3-15H,16H2,1-2H3. The highest BCUT2D eigenvalue weighted by atomic mass is 32.2. The molecule has 0 amide bonds. The molecule has 0 aliphatic heterocycles. The highest BCUT2D eigenvalue weighted by molar-refractivity contribution is 7.98. The zero-order valence-electron chi connectivity index (χ0n) is 15.9. The van der Waals surface area contributed by atoms with Crippen LogP contribution in [0.4, 0.5) is 0 Å². The zero-order valence-corrected chi connectivity index (χ0v) is 16.7. The maximum Gasteiger partial charge on any atom is 0.196 e. The van der Waals surface area contributed by atoms with Gasteiger partial charge in [-0.2, -0.15) is 0 Å². The molecule has 4 nitrogen and oxygen atoms in total. The van der Waals surface area contributed by atoms with Gasteiger partial charge in [-0.3, -0.25) is 4.57 Å². The molecule has 4 aromatic rings. The molecule has 0 unspecified atom stereocenters. The van der Waals surface area contributed by atoms with E-state index in [4.69, 9.17) is 4.74 Å². The van der Waals surface area contributed by atoms with Gasteiger partial charge in [0.25, 0.3) is 0 Å². The summed E-state index contributed by atoms with van der Waals surface area (Å²) in [5.74, 6) is 2.39. The first-order chi connectivity index (χ1) is 13.8. The Balaban J connectivity index is 1.80. The average molecular weight is 388 g/mol. The molecule has 4 rings (SSSR count). The highest BCUT2D eigenvalue weighted by Crippen LogP contribution is 2.34. The number of nitrogens with zero attached hydrogens (tertiary/aromatic N) is 3. The first kappa shape index (κ1) is 18.3. The Morgan fingerprint density at radius 1 is 0.893 bits per heavy atom. The van der Waals surface area contributed by atoms with E-state index in [2.05, 4.69) is 70.2 Å². The van der Waals surface area contributed by atoms with Gasteiger partial charge in [-0.25, -0.2) is 0 Å². The number of aryl methyl sites for hydroxylation is 1. The fraction of sp³-hybridized carbons (Fsp3) is 0.130. The van der Waals surface area contributed by atoms with Gasteiger partial charge in [0, 0.05) is 11.4 Å². The number of para-hydroxylation sites is 1. The van der Waals surface area contributed by atoms with Crippen molar-refractivity contribution in [2.45, 2.75) is 17.8 Å². The van der Waals surface area contributed by atoms with Crippen molar-refractivity contribution >= 4 is 11.8 Å². The molecule has 0 radical (unpaired) electrons. The number of ether oxygens (including phenoxy) is 1. The minimum atomic E-state index is 0.776. The Labute approximate surface area is 169 Å². The van der Waals surface area contributed by atoms with Crippen LogP contribution in [0.1, 0.15) is 11.1 Å². The molecule has 5 heteroatoms. The zero-order chi connectivity index (χ0) is 19.3. The summed E-state index contributed by atoms with van der Waals surface area (Å²) >= 11 is 1.68. The number of hydrogen-bond acceptors (Lipinski definition) is 4. The van der Waals surface area contributed by atoms with Gasteiger partial charge in [0.2, 0.25) is 0 Å². The third-order valence-electron chi connectivity index (χ3n) is 4.45. The van der Waals surface area contributed by atoms with Gasteiger partial charge in [-0.15, -0.1) is 10.2 Å². The van der Waals surface area contributed by atoms with Gasteiger partial charge in [0.05, 0.1) is 12.7 Å². The lowest BCUT2D eigenvalue weighted by molar-refractivity contribution is 0.416. The molecular weight excluding hydrogens is 366 g/mol. The third kappa shape index (κ3) is 3.80. The molecule has 140 valence electrons. The lowest BCUT2D eigenvalue weighted by Crippen LogP contribution is -2.01. The van der Waals surface area contributed by atoms with Crippen LogP contribution in [0, 0.1) is 6.92 Å². The van der Waals surface area contributed by atoms with Gasteiger partial charge in [-0.05, 0) is 42.3 Å². The van der Waals surface area contributed by atoms with E-state index in [1.54, 1.807) is 18.9 Å². The molecule has 0 atom stereocenters. The monoisotopic (exact) mass is 387 g/mol. The van der Waals surface area contributed by atoms with Gasteiger partial charge in [-0.1, -0.05) is 66.4 Å². The van der Waals surface area contributed by atoms with Crippen molar-refractivity contribution in [3.05, 3.63) is 90.0 Å². The molecule has 3 aromatic carbocycles. The summed E-state index contributed by atoms with van der Waals surface area (Å²) in [6.45, 7) is 2.09. The molecule has 0 saturated carbocycles. The lowest BCUT2D eigenvalue weighted by Gasteiger charge is -2.13. The molecule has 0 spiro atoms. The molecule has 0 N–H and O–H groups in total. The first-order valence-electron chi connectivity index (χ1n) is 9.09. The van der Waals surface area contributed by atoms with E-state index in [9.17, 15) is 0 Å². The first-order valence-corrected chi connectivity index (χ1v) is 10.1. The van der Waals surface area contributed by atoms with Crippen LogP contribution in [0.2, 0.25) is 0 Å². The van der Waals surface area contributed by atoms with Crippen LogP contribution in [0.15, 0.2) is 84.0 Å². The maximum absolute atomic E-state index is 5.56. The summed E-state index contributed by atoms with van der Waals surface area (Å²) < 4.78 is 7.67. The summed E-state index contributed by atoms with van der Waals surface area (Å²) in [6.07, 6.45) is 0. The molecule has 0 fully saturated rings. The highest BCUT2D eigenvalue weighted by Gasteiger charge is 2.19. The van der Waals surface area contributed by atoms with Crippen LogP contribution in [-0.4, -0.2) is 21.9 Å². The van der Waals surface area contributed by atoms with E-state index >= 15 is 0 Å². The molecular formula is C23H21N3OS. The van der Waals surface area contributed by atoms with E-state index in [1.165, 1.54) is 11.1 Å². The van der Waals surface area contributed by atoms with E-state index in [0.717, 1.165) is 33.7 Å². The molecule has 1 aromatic heterocycles. The topological polar surface area (TPSA) is 39.9 Å². The number of rotatable bonds is 6. The smallest absolute Gasteiger partial charge is 0.196 e. The van der Waals surface area contributed by atoms with E-state index in [-0.39, 0.29) is 0 Å². The van der Waals surface area contributed by atoms with E-state index in [0.29, 0.717) is 0 Å². The van der Waals surface area contributed by atoms with Gasteiger partial charge in [0.15, 0.2) is 11.0 Å². The van der Waals surface area contributed by atoms with Crippen LogP contribution in [0.25, 0.3) is 17.1 Å². The Hall–Kier alpha value is -3.05. The van der Waals surface area contributed by atoms with Crippen LogP contribution in [0.5, 0.6) is 5.75 Å². The Morgan fingerprint density at radius 2 is 1.68 bits per heavy atom. The maximum atomic E-state index is 5.56. The minimum absolute atomic E-state index is 0.776. The third-order valence-corrected chi connectivity index (χ3v) is 5.45. The Kier molecular flexibility index (Phi) is 5.44. The number of hydrogen-bond donors (Lipinski definition) is 0. The van der Waals surface area contributed by atoms with Crippen molar-refractivity contribution in [1.82, 2.24) is 14.8 Å². The van der Waals surface area contributed by atoms with Crippen LogP contribution in [-0.2, 0) is 5.75 Å². The van der Waals surface area contributed by atoms with Gasteiger partial charge < -0.3 is 4.74 Å². The fourth-order valence-electron chi connectivity index (χ4n) is 3.09. The predicted molar refractivity (Wildman–Crippen MR) is 114 cm³/mol. The van der Waals surface area contributed by atoms with Crippen LogP contribution >= 0.6 is 11.8 Å². The van der Waals surface area contributed by atoms with Crippen molar-refractivity contribution in [3.8, 4) is 22.8 Å². The van der Waals surface area contributed by atoms with Crippen molar-refractivity contribution < 1.29 is 4.74 Å². The molecule has 0 bridgehead atoms. The number of benzene rings is 3. The van der Waals surface area contributed by atoms with Crippen molar-refractivity contribution in [2.75, 3.05) is 7.11 Å². The predicted octanol–water partition coefficient (Wildman–Crippen LogP) is 5.54. The largest absolute Gasteiger partial charge is 0.496 e. The summed E-state index contributed by atoms with van der Waals surface area (Å²) in [4.78, 5) is 0. The molecule has 1 heterocycles. The van der Waals surface area contributed by atoms with Crippen molar-refractivity contribution in [3.63, 3.8) is 0 Å². The quantitative estimate of drug-likeness (QED) is 0.407. The molecule has 28 heavy (non-hydrogen) atoms. The second-order valence-corrected chi connectivity index (χ2v) is 7.40. The van der Waals surface area contributed by atoms with E-state index in [1.807, 2.05) is 30.3 Å². The van der Waals surface area contributed by atoms with Crippen molar-refractivity contribution in [2.24, 2.45) is 0 Å². The van der Waals surface area contributed by atoms with Gasteiger partial charge in [0.1, 0.15) is 5.75 Å². The summed E-state index contributed by atoms with van der Waals surface area (Å²) in [6, 6.07) is 26.7. The fourth-order valence-corrected chi connectivity index (χ4v) is 4.00. The average Bonchev–Trinajstić information content (AvgIpc) is 3.16. The Morgan fingerprint density at radius 3 is 2.46 bits per heavy atom. The molecule has 0 aliphatic rings. The molecule has 0 saturated heterocycles. The normalized spacial score (nSPS) is 10.8. The Bertz CT molecular complexity index is 1080. The van der Waals surface area contributed by atoms with Gasteiger partial charge >= 0.3 is 0 Å². The molecule has 0 aliphatic carbocycles. The van der Waals surface area contributed by atoms with Crippen LogP contribution < -0.4 is 4.74 Å². The van der Waals surface area contributed by atoms with Crippen molar-refractivity contribution in [1.29, 1.82) is 0 Å². The summed E-state index contributed by atoms with van der Waals surface area (Å²) in [5.41, 5.74) is 4.41. The second-order valence-electron chi connectivity index (χ2n) is 6.46. The lowest BCUT2D eigenvalue weighted by atomic mass is 10.1. The number of thioether (sulfide) groups is 1. The number of methoxy groups -OCH3 is 1. The summed E-state index contributed by atoms with van der Waals surface area (Å²) in [5, 5.41) is 9.89.